The average molecular weight is 180 g/mol. The van der Waals surface area contributed by atoms with Gasteiger partial charge in [-0.3, -0.25) is 0 Å². The molecule has 0 nitrogen and oxygen atoms in total. The van der Waals surface area contributed by atoms with Crippen molar-refractivity contribution in [2.75, 3.05) is 0 Å². The van der Waals surface area contributed by atoms with Gasteiger partial charge in [-0.25, -0.2) is 0 Å². The fraction of sp³-hybridized carbons (Fsp3) is 0.333. The van der Waals surface area contributed by atoms with Gasteiger partial charge >= 0.3 is 0 Å². The van der Waals surface area contributed by atoms with Crippen LogP contribution in [0, 0.1) is 32.2 Å². The third kappa shape index (κ3) is 1.55. The molecule has 0 saturated carbocycles. The fourth-order valence-corrected chi connectivity index (χ4v) is 2.37. The molecular formula is C9H12SSi. The van der Waals surface area contributed by atoms with Crippen LogP contribution in [-0.4, -0.2) is 10.2 Å². The van der Waals surface area contributed by atoms with E-state index in [1.54, 1.807) is 0 Å². The van der Waals surface area contributed by atoms with Crippen molar-refractivity contribution in [2.24, 2.45) is 0 Å². The van der Waals surface area contributed by atoms with E-state index in [9.17, 15) is 0 Å². The first-order valence-electron chi connectivity index (χ1n) is 3.66. The molecule has 1 aromatic rings. The third-order valence-electron chi connectivity index (χ3n) is 1.81. The van der Waals surface area contributed by atoms with Gasteiger partial charge in [0.1, 0.15) is 0 Å². The molecule has 0 amide bonds. The lowest BCUT2D eigenvalue weighted by molar-refractivity contribution is 1.40. The highest BCUT2D eigenvalue weighted by Gasteiger charge is 2.05. The smallest absolute Gasteiger partial charge is 0.0911 e. The molecule has 0 bridgehead atoms. The van der Waals surface area contributed by atoms with Crippen molar-refractivity contribution in [1.82, 2.24) is 0 Å². The van der Waals surface area contributed by atoms with Crippen LogP contribution in [-0.2, 0) is 0 Å². The molecule has 58 valence electrons. The van der Waals surface area contributed by atoms with Gasteiger partial charge in [0, 0.05) is 15.3 Å². The van der Waals surface area contributed by atoms with Crippen LogP contribution in [0.1, 0.15) is 20.9 Å². The molecule has 0 unspecified atom stereocenters. The Morgan fingerprint density at radius 1 is 1.18 bits per heavy atom. The summed E-state index contributed by atoms with van der Waals surface area (Å²) >= 11 is 1.85. The average Bonchev–Trinajstić information content (AvgIpc) is 2.17. The maximum absolute atomic E-state index is 3.19. The zero-order valence-electron chi connectivity index (χ0n) is 7.41. The van der Waals surface area contributed by atoms with Crippen LogP contribution in [0.3, 0.4) is 0 Å². The molecule has 1 aromatic heterocycles. The highest BCUT2D eigenvalue weighted by molar-refractivity contribution is 7.12. The van der Waals surface area contributed by atoms with Crippen LogP contribution in [0.25, 0.3) is 0 Å². The first kappa shape index (κ1) is 8.57. The van der Waals surface area contributed by atoms with E-state index in [1.807, 2.05) is 11.3 Å². The van der Waals surface area contributed by atoms with Crippen molar-refractivity contribution >= 4 is 21.6 Å². The van der Waals surface area contributed by atoms with E-state index in [0.717, 1.165) is 10.2 Å². The van der Waals surface area contributed by atoms with Crippen molar-refractivity contribution in [3.8, 4) is 11.5 Å². The Hall–Kier alpha value is -0.523. The second kappa shape index (κ2) is 3.25. The number of hydrogen-bond donors (Lipinski definition) is 0. The summed E-state index contributed by atoms with van der Waals surface area (Å²) < 4.78 is 0. The summed E-state index contributed by atoms with van der Waals surface area (Å²) in [6.07, 6.45) is 0. The highest BCUT2D eigenvalue weighted by Crippen LogP contribution is 2.25. The molecule has 0 saturated heterocycles. The van der Waals surface area contributed by atoms with E-state index >= 15 is 0 Å². The minimum atomic E-state index is 0.972. The molecular weight excluding hydrogens is 168 g/mol. The van der Waals surface area contributed by atoms with E-state index in [1.165, 1.54) is 20.9 Å². The normalized spacial score (nSPS) is 9.36. The lowest BCUT2D eigenvalue weighted by Crippen LogP contribution is -1.78. The summed E-state index contributed by atoms with van der Waals surface area (Å²) in [5.74, 6) is 3.19. The van der Waals surface area contributed by atoms with Crippen molar-refractivity contribution in [2.45, 2.75) is 20.8 Å². The summed E-state index contributed by atoms with van der Waals surface area (Å²) in [6, 6.07) is 0. The molecule has 1 heterocycles. The lowest BCUT2D eigenvalue weighted by Gasteiger charge is -1.89. The topological polar surface area (TPSA) is 0 Å². The second-order valence-electron chi connectivity index (χ2n) is 2.59. The summed E-state index contributed by atoms with van der Waals surface area (Å²) in [5, 5.41) is 0. The van der Waals surface area contributed by atoms with Gasteiger partial charge in [0.2, 0.25) is 0 Å². The zero-order valence-corrected chi connectivity index (χ0v) is 10.2. The van der Waals surface area contributed by atoms with Crippen LogP contribution in [0.15, 0.2) is 0 Å². The standard InChI is InChI=1S/C9H12SSi/c1-6-7(2)10-8(3)9(6)4-5-11/h1-3,11H3. The Bertz CT molecular complexity index is 325. The number of aryl methyl sites for hydroxylation is 2. The van der Waals surface area contributed by atoms with Gasteiger partial charge in [-0.2, -0.15) is 0 Å². The van der Waals surface area contributed by atoms with Gasteiger partial charge in [0.15, 0.2) is 0 Å². The molecule has 0 aliphatic rings. The number of rotatable bonds is 0. The number of thiophene rings is 1. The van der Waals surface area contributed by atoms with Crippen LogP contribution >= 0.6 is 11.3 Å². The molecule has 0 atom stereocenters. The summed E-state index contributed by atoms with van der Waals surface area (Å²) in [4.78, 5) is 2.77. The van der Waals surface area contributed by atoms with E-state index in [2.05, 4.69) is 32.2 Å². The quantitative estimate of drug-likeness (QED) is 0.418. The predicted molar refractivity (Wildman–Crippen MR) is 55.3 cm³/mol. The van der Waals surface area contributed by atoms with Gasteiger partial charge < -0.3 is 0 Å². The van der Waals surface area contributed by atoms with Crippen molar-refractivity contribution < 1.29 is 0 Å². The highest BCUT2D eigenvalue weighted by atomic mass is 32.1. The van der Waals surface area contributed by atoms with Crippen molar-refractivity contribution in [3.05, 3.63) is 20.9 Å². The Kier molecular flexibility index (Phi) is 2.53. The Labute approximate surface area is 75.1 Å². The minimum Gasteiger partial charge on any atom is -0.144 e. The Morgan fingerprint density at radius 2 is 1.82 bits per heavy atom. The molecule has 2 heteroatoms. The van der Waals surface area contributed by atoms with Gasteiger partial charge in [-0.15, -0.1) is 16.9 Å². The fourth-order valence-electron chi connectivity index (χ4n) is 1.10. The summed E-state index contributed by atoms with van der Waals surface area (Å²) in [6.45, 7) is 6.46. The molecule has 0 fully saturated rings. The lowest BCUT2D eigenvalue weighted by atomic mass is 10.1. The SMILES string of the molecule is Cc1sc(C)c(C#C[SiH3])c1C. The Morgan fingerprint density at radius 3 is 2.18 bits per heavy atom. The van der Waals surface area contributed by atoms with Gasteiger partial charge in [-0.1, -0.05) is 5.92 Å². The minimum absolute atomic E-state index is 0.972. The van der Waals surface area contributed by atoms with Crippen molar-refractivity contribution in [3.63, 3.8) is 0 Å². The van der Waals surface area contributed by atoms with E-state index in [0.29, 0.717) is 0 Å². The molecule has 0 N–H and O–H groups in total. The summed E-state index contributed by atoms with van der Waals surface area (Å²) in [5.41, 5.74) is 5.71. The van der Waals surface area contributed by atoms with Gasteiger partial charge in [0.25, 0.3) is 0 Å². The molecule has 0 spiro atoms. The third-order valence-corrected chi connectivity index (χ3v) is 3.18. The van der Waals surface area contributed by atoms with Gasteiger partial charge in [0.05, 0.1) is 10.2 Å². The molecule has 1 rings (SSSR count). The van der Waals surface area contributed by atoms with Crippen LogP contribution in [0.4, 0.5) is 0 Å². The maximum atomic E-state index is 3.19. The van der Waals surface area contributed by atoms with E-state index < -0.39 is 0 Å². The van der Waals surface area contributed by atoms with Crippen molar-refractivity contribution in [1.29, 1.82) is 0 Å². The van der Waals surface area contributed by atoms with Gasteiger partial charge in [-0.05, 0) is 26.3 Å². The van der Waals surface area contributed by atoms with Crippen LogP contribution in [0.2, 0.25) is 0 Å². The Balaban J connectivity index is 3.30. The molecule has 0 radical (unpaired) electrons. The van der Waals surface area contributed by atoms with Crippen LogP contribution in [0.5, 0.6) is 0 Å². The summed E-state index contributed by atoms with van der Waals surface area (Å²) in [7, 11) is 0.972. The predicted octanol–water partition coefficient (Wildman–Crippen LogP) is 1.35. The second-order valence-corrected chi connectivity index (χ2v) is 4.52. The molecule has 0 aliphatic carbocycles. The maximum Gasteiger partial charge on any atom is 0.0911 e. The number of hydrogen-bond acceptors (Lipinski definition) is 1. The van der Waals surface area contributed by atoms with E-state index in [-0.39, 0.29) is 0 Å². The van der Waals surface area contributed by atoms with Crippen LogP contribution < -0.4 is 0 Å². The van der Waals surface area contributed by atoms with E-state index in [4.69, 9.17) is 0 Å². The first-order valence-corrected chi connectivity index (χ1v) is 5.47. The first-order chi connectivity index (χ1) is 5.16. The largest absolute Gasteiger partial charge is 0.144 e. The molecule has 0 aliphatic heterocycles. The molecule has 0 aromatic carbocycles. The zero-order chi connectivity index (χ0) is 8.43. The molecule has 11 heavy (non-hydrogen) atoms. The monoisotopic (exact) mass is 180 g/mol.